The van der Waals surface area contributed by atoms with Gasteiger partial charge in [-0.2, -0.15) is 0 Å². The number of carbonyl (C=O) groups excluding carboxylic acids is 2. The van der Waals surface area contributed by atoms with E-state index < -0.39 is 0 Å². The van der Waals surface area contributed by atoms with Crippen LogP contribution in [0.25, 0.3) is 0 Å². The lowest BCUT2D eigenvalue weighted by atomic mass is 10.1. The van der Waals surface area contributed by atoms with Crippen LogP contribution < -0.4 is 10.2 Å². The summed E-state index contributed by atoms with van der Waals surface area (Å²) in [5, 5.41) is 0. The van der Waals surface area contributed by atoms with Gasteiger partial charge in [0, 0.05) is 41.2 Å². The van der Waals surface area contributed by atoms with E-state index in [0.717, 1.165) is 27.5 Å². The van der Waals surface area contributed by atoms with Crippen LogP contribution in [0.4, 0.5) is 0 Å². The second-order valence-corrected chi connectivity index (χ2v) is 7.32. The van der Waals surface area contributed by atoms with Crippen molar-refractivity contribution in [2.24, 2.45) is 0 Å². The molecule has 2 aromatic carbocycles. The summed E-state index contributed by atoms with van der Waals surface area (Å²) in [6.45, 7) is 0.524. The summed E-state index contributed by atoms with van der Waals surface area (Å²) in [5.41, 5.74) is 1.61. The molecule has 5 rings (SSSR count). The summed E-state index contributed by atoms with van der Waals surface area (Å²) in [4.78, 5) is 33.8. The van der Waals surface area contributed by atoms with E-state index >= 15 is 0 Å². The van der Waals surface area contributed by atoms with Gasteiger partial charge < -0.3 is 9.15 Å². The van der Waals surface area contributed by atoms with Gasteiger partial charge in [-0.3, -0.25) is 14.4 Å². The average Bonchev–Trinajstić information content (AvgIpc) is 2.76. The highest BCUT2D eigenvalue weighted by molar-refractivity contribution is 7.99. The van der Waals surface area contributed by atoms with Crippen molar-refractivity contribution in [3.63, 3.8) is 0 Å². The molecule has 0 spiro atoms. The molecule has 0 unspecified atom stereocenters. The Morgan fingerprint density at radius 2 is 1.38 bits per heavy atom. The maximum atomic E-state index is 11.3. The lowest BCUT2D eigenvalue weighted by Gasteiger charge is -2.14. The molecule has 0 saturated carbocycles. The highest BCUT2D eigenvalue weighted by Crippen LogP contribution is 2.29. The minimum atomic E-state index is -0.0220. The Bertz CT molecular complexity index is 962. The molecule has 0 saturated heterocycles. The van der Waals surface area contributed by atoms with Gasteiger partial charge >= 0.3 is 0 Å². The molecular weight excluding hydrogens is 388 g/mol. The number of hydrogen-bond acceptors (Lipinski definition) is 6. The van der Waals surface area contributed by atoms with Crippen LogP contribution in [0.5, 0.6) is 5.75 Å². The maximum absolute atomic E-state index is 11.3. The SMILES string of the molecule is O=C1CCOc2ccccc21.O=C1CCSc2ccccc21.O=c1ccocc1. The zero-order valence-electron chi connectivity index (χ0n) is 15.7. The van der Waals surface area contributed by atoms with E-state index in [-0.39, 0.29) is 11.2 Å². The fraction of sp³-hybridized carbons (Fsp3) is 0.174. The lowest BCUT2D eigenvalue weighted by Crippen LogP contribution is -2.14. The molecule has 0 fully saturated rings. The molecule has 1 aromatic heterocycles. The van der Waals surface area contributed by atoms with Crippen molar-refractivity contribution in [3.05, 3.63) is 94.5 Å². The highest BCUT2D eigenvalue weighted by Gasteiger charge is 2.16. The van der Waals surface area contributed by atoms with Crippen molar-refractivity contribution < 1.29 is 18.7 Å². The van der Waals surface area contributed by atoms with Gasteiger partial charge in [-0.1, -0.05) is 30.3 Å². The number of para-hydroxylation sites is 1. The van der Waals surface area contributed by atoms with Gasteiger partial charge in [0.15, 0.2) is 17.0 Å². The number of ketones is 2. The van der Waals surface area contributed by atoms with Crippen molar-refractivity contribution >= 4 is 23.3 Å². The molecule has 148 valence electrons. The number of benzene rings is 2. The first kappa shape index (κ1) is 20.6. The Morgan fingerprint density at radius 1 is 0.724 bits per heavy atom. The first-order valence-electron chi connectivity index (χ1n) is 9.18. The predicted molar refractivity (Wildman–Crippen MR) is 112 cm³/mol. The standard InChI is InChI=1S/C9H8O2.C9H8OS.C5H4O2/c2*10-8-5-6-11-9-4-2-1-3-7(8)9;6-5-1-3-7-4-2-5/h2*1-4H,5-6H2;1-4H. The van der Waals surface area contributed by atoms with Crippen LogP contribution in [-0.2, 0) is 0 Å². The summed E-state index contributed by atoms with van der Waals surface area (Å²) in [6.07, 6.45) is 3.91. The number of fused-ring (bicyclic) bond motifs is 2. The van der Waals surface area contributed by atoms with E-state index in [0.29, 0.717) is 25.2 Å². The zero-order valence-corrected chi connectivity index (χ0v) is 16.5. The first-order valence-corrected chi connectivity index (χ1v) is 10.2. The number of hydrogen-bond donors (Lipinski definition) is 0. The van der Waals surface area contributed by atoms with E-state index in [2.05, 4.69) is 4.42 Å². The fourth-order valence-electron chi connectivity index (χ4n) is 2.74. The number of rotatable bonds is 0. The Morgan fingerprint density at radius 3 is 2.03 bits per heavy atom. The van der Waals surface area contributed by atoms with Gasteiger partial charge in [0.25, 0.3) is 0 Å². The second-order valence-electron chi connectivity index (χ2n) is 6.18. The third-order valence-electron chi connectivity index (χ3n) is 4.17. The highest BCUT2D eigenvalue weighted by atomic mass is 32.2. The summed E-state index contributed by atoms with van der Waals surface area (Å²) in [6, 6.07) is 17.9. The van der Waals surface area contributed by atoms with Crippen molar-refractivity contribution in [3.8, 4) is 5.75 Å². The molecule has 5 nitrogen and oxygen atoms in total. The van der Waals surface area contributed by atoms with E-state index in [1.54, 1.807) is 17.8 Å². The van der Waals surface area contributed by atoms with Gasteiger partial charge in [0.05, 0.1) is 24.7 Å². The number of thioether (sulfide) groups is 1. The van der Waals surface area contributed by atoms with Gasteiger partial charge in [0.2, 0.25) is 0 Å². The Kier molecular flexibility index (Phi) is 7.41. The van der Waals surface area contributed by atoms with Crippen LogP contribution in [0.3, 0.4) is 0 Å². The third-order valence-corrected chi connectivity index (χ3v) is 5.25. The van der Waals surface area contributed by atoms with E-state index in [1.807, 2.05) is 42.5 Å². The van der Waals surface area contributed by atoms with Gasteiger partial charge in [-0.05, 0) is 18.2 Å². The van der Waals surface area contributed by atoms with E-state index in [1.165, 1.54) is 24.7 Å². The zero-order chi connectivity index (χ0) is 20.5. The smallest absolute Gasteiger partial charge is 0.184 e. The quantitative estimate of drug-likeness (QED) is 0.539. The largest absolute Gasteiger partial charge is 0.492 e. The average molecular weight is 408 g/mol. The second kappa shape index (κ2) is 10.4. The van der Waals surface area contributed by atoms with E-state index in [9.17, 15) is 14.4 Å². The van der Waals surface area contributed by atoms with Crippen LogP contribution in [-0.4, -0.2) is 23.9 Å². The van der Waals surface area contributed by atoms with Gasteiger partial charge in [-0.25, -0.2) is 0 Å². The van der Waals surface area contributed by atoms with Crippen molar-refractivity contribution in [2.45, 2.75) is 17.7 Å². The van der Waals surface area contributed by atoms with Crippen molar-refractivity contribution in [2.75, 3.05) is 12.4 Å². The number of Topliss-reactive ketones (excluding diaryl/α,β-unsaturated/α-hetero) is 2. The Hall–Kier alpha value is -3.12. The number of carbonyl (C=O) groups is 2. The molecule has 29 heavy (non-hydrogen) atoms. The van der Waals surface area contributed by atoms with Crippen molar-refractivity contribution in [1.82, 2.24) is 0 Å². The monoisotopic (exact) mass is 408 g/mol. The van der Waals surface area contributed by atoms with E-state index in [4.69, 9.17) is 4.74 Å². The molecule has 2 aliphatic rings. The van der Waals surface area contributed by atoms with Crippen LogP contribution >= 0.6 is 11.8 Å². The fourth-order valence-corrected chi connectivity index (χ4v) is 3.76. The predicted octanol–water partition coefficient (Wildman–Crippen LogP) is 4.66. The molecular formula is C23H20O5S. The van der Waals surface area contributed by atoms with Crippen LogP contribution in [0, 0.1) is 0 Å². The summed E-state index contributed by atoms with van der Waals surface area (Å²) in [7, 11) is 0. The molecule has 0 bridgehead atoms. The Labute approximate surface area is 172 Å². The summed E-state index contributed by atoms with van der Waals surface area (Å²) in [5.74, 6) is 2.14. The van der Waals surface area contributed by atoms with Gasteiger partial charge in [0.1, 0.15) is 5.75 Å². The normalized spacial score (nSPS) is 14.1. The topological polar surface area (TPSA) is 73.6 Å². The molecule has 3 heterocycles. The first-order chi connectivity index (χ1) is 14.1. The maximum Gasteiger partial charge on any atom is 0.184 e. The molecule has 0 atom stereocenters. The summed E-state index contributed by atoms with van der Waals surface area (Å²) >= 11 is 1.77. The molecule has 3 aromatic rings. The van der Waals surface area contributed by atoms with Crippen molar-refractivity contribution in [1.29, 1.82) is 0 Å². The minimum Gasteiger partial charge on any atom is -0.492 e. The third kappa shape index (κ3) is 5.93. The van der Waals surface area contributed by atoms with Crippen LogP contribution in [0.1, 0.15) is 33.6 Å². The molecule has 2 aliphatic heterocycles. The van der Waals surface area contributed by atoms with Gasteiger partial charge in [-0.15, -0.1) is 11.8 Å². The van der Waals surface area contributed by atoms with Crippen LogP contribution in [0.15, 0.2) is 87.3 Å². The number of ether oxygens (including phenoxy) is 1. The molecule has 0 N–H and O–H groups in total. The summed E-state index contributed by atoms with van der Waals surface area (Å²) < 4.78 is 9.83. The molecule has 0 radical (unpaired) electrons. The molecule has 6 heteroatoms. The minimum absolute atomic E-state index is 0.0220. The van der Waals surface area contributed by atoms with Crippen LogP contribution in [0.2, 0.25) is 0 Å². The molecule has 0 amide bonds. The lowest BCUT2D eigenvalue weighted by molar-refractivity contribution is 0.0932. The molecule has 0 aliphatic carbocycles. The Balaban J connectivity index is 0.000000128.